The summed E-state index contributed by atoms with van der Waals surface area (Å²) < 4.78 is 170. The van der Waals surface area contributed by atoms with Gasteiger partial charge in [-0.05, 0) is 58.7 Å². The van der Waals surface area contributed by atoms with Crippen molar-refractivity contribution in [1.82, 2.24) is 48.2 Å². The van der Waals surface area contributed by atoms with Crippen LogP contribution in [0.5, 0.6) is 0 Å². The number of ether oxygens (including phenoxy) is 6. The molecular formula is C49H72N11O29P5S5. The Hall–Kier alpha value is -3.59. The summed E-state index contributed by atoms with van der Waals surface area (Å²) in [5.74, 6) is -0.252. The number of anilines is 1. The van der Waals surface area contributed by atoms with Crippen LogP contribution in [0.15, 0.2) is 58.5 Å². The van der Waals surface area contributed by atoms with E-state index in [0.29, 0.717) is 11.4 Å². The van der Waals surface area contributed by atoms with Crippen molar-refractivity contribution in [2.45, 2.75) is 146 Å². The largest absolute Gasteiger partial charge is 0.396 e. The fraction of sp³-hybridized carbons (Fsp3) is 0.653. The molecule has 0 spiro atoms. The molecule has 4 aliphatic rings. The first-order valence-corrected chi connectivity index (χ1v) is 43.7. The second-order valence-corrected chi connectivity index (χ2v) is 38.3. The minimum atomic E-state index is -4.89. The molecule has 40 nitrogen and oxygen atoms in total. The summed E-state index contributed by atoms with van der Waals surface area (Å²) in [5, 5.41) is 9.41. The Morgan fingerprint density at radius 2 is 1.01 bits per heavy atom. The number of fused-ring (bicyclic) bond motifs is 1. The van der Waals surface area contributed by atoms with Crippen LogP contribution in [0.2, 0.25) is 0 Å². The molecule has 0 bridgehead atoms. The number of nitrogens with one attached hydrogen (secondary N) is 4. The van der Waals surface area contributed by atoms with Gasteiger partial charge in [0.15, 0.2) is 23.6 Å². The van der Waals surface area contributed by atoms with E-state index in [2.05, 4.69) is 78.9 Å². The van der Waals surface area contributed by atoms with Gasteiger partial charge >= 0.3 is 51.1 Å². The van der Waals surface area contributed by atoms with Gasteiger partial charge in [0.05, 0.1) is 45.5 Å². The molecular weight excluding hydrogens is 1520 g/mol. The molecule has 9 heterocycles. The minimum absolute atomic E-state index is 0.00840. The van der Waals surface area contributed by atoms with Crippen LogP contribution in [0.1, 0.15) is 74.7 Å². The van der Waals surface area contributed by atoms with Crippen LogP contribution >= 0.6 is 94.4 Å². The average Bonchev–Trinajstić information content (AvgIpc) is 1.65. The number of rotatable bonds is 33. The van der Waals surface area contributed by atoms with Crippen molar-refractivity contribution in [1.29, 1.82) is 0 Å². The summed E-state index contributed by atoms with van der Waals surface area (Å²) in [7, 11) is 2.36. The number of aryl methyl sites for hydroxylation is 3. The summed E-state index contributed by atoms with van der Waals surface area (Å²) >= 11 is 17.5. The Balaban J connectivity index is 0.957. The van der Waals surface area contributed by atoms with Crippen molar-refractivity contribution in [3.05, 3.63) is 114 Å². The molecule has 4 fully saturated rings. The first-order chi connectivity index (χ1) is 46.5. The zero-order chi connectivity index (χ0) is 72.4. The highest BCUT2D eigenvalue weighted by atomic mass is 32.7. The number of aliphatic hydroxyl groups is 1. The van der Waals surface area contributed by atoms with E-state index >= 15 is 0 Å². The van der Waals surface area contributed by atoms with Gasteiger partial charge in [0, 0.05) is 68.9 Å². The molecule has 5 aromatic heterocycles. The number of nitrogen functional groups attached to an aromatic ring is 1. The van der Waals surface area contributed by atoms with Gasteiger partial charge in [0.1, 0.15) is 73.5 Å². The fourth-order valence-electron chi connectivity index (χ4n) is 10.7. The van der Waals surface area contributed by atoms with E-state index < -0.39 is 198 Å². The van der Waals surface area contributed by atoms with Crippen molar-refractivity contribution in [3.63, 3.8) is 0 Å². The summed E-state index contributed by atoms with van der Waals surface area (Å²) in [5.41, 5.74) is 0.0772. The Labute approximate surface area is 584 Å². The molecule has 50 heteroatoms. The highest BCUT2D eigenvalue weighted by Gasteiger charge is 2.54. The van der Waals surface area contributed by atoms with Crippen molar-refractivity contribution in [2.75, 3.05) is 65.9 Å². The second-order valence-electron chi connectivity index (χ2n) is 22.7. The number of aromatic amines is 4. The van der Waals surface area contributed by atoms with E-state index in [0.717, 1.165) is 27.0 Å². The lowest BCUT2D eigenvalue weighted by molar-refractivity contribution is -0.0625. The SMILES string of the molecule is COC1C(OP(=O)(S)OC[C@H]2O[C@@H](n3cc(C)c(=O)[nH]c3=O)C(OC)C2OP(=O)(OCCCO)SC)[C@@H](COP(=O)(S)OC2C[C@H](n3cc(C)c(=O)[nH]c3=O)O[C@@H]2COP(=O)(S)OC2C[C@H](n3cnc4c(=O)[nH]c(N)nc43)O[C@@H]2COP(=O)(S)OC(C)C)O[C@H]1n1cc(C)c(=O)[nH]c1=O. The fourth-order valence-corrected chi connectivity index (χ4v) is 19.2. The van der Waals surface area contributed by atoms with Gasteiger partial charge in [0.25, 0.3) is 22.2 Å². The van der Waals surface area contributed by atoms with Gasteiger partial charge in [-0.1, -0.05) is 49.0 Å². The van der Waals surface area contributed by atoms with E-state index in [1.54, 1.807) is 13.8 Å². The highest BCUT2D eigenvalue weighted by Crippen LogP contribution is 2.64. The van der Waals surface area contributed by atoms with Crippen molar-refractivity contribution in [2.24, 2.45) is 0 Å². The Morgan fingerprint density at radius 1 is 0.586 bits per heavy atom. The normalized spacial score (nSPS) is 28.8. The van der Waals surface area contributed by atoms with E-state index in [9.17, 15) is 61.5 Å². The monoisotopic (exact) mass is 1590 g/mol. The number of methoxy groups -OCH3 is 2. The molecule has 11 unspecified atom stereocenters. The molecule has 0 aromatic carbocycles. The van der Waals surface area contributed by atoms with Crippen LogP contribution in [0.4, 0.5) is 5.95 Å². The zero-order valence-corrected chi connectivity index (χ0v) is 62.3. The topological polar surface area (TPSA) is 507 Å². The first-order valence-electron chi connectivity index (χ1n) is 29.6. The zero-order valence-electron chi connectivity index (χ0n) is 53.4. The van der Waals surface area contributed by atoms with Crippen molar-refractivity contribution < 1.29 is 102 Å². The third-order valence-electron chi connectivity index (χ3n) is 15.3. The van der Waals surface area contributed by atoms with E-state index in [4.69, 9.17) is 79.4 Å². The lowest BCUT2D eigenvalue weighted by atomic mass is 10.1. The van der Waals surface area contributed by atoms with Gasteiger partial charge in [0.2, 0.25) is 5.95 Å². The maximum atomic E-state index is 14.7. The van der Waals surface area contributed by atoms with Crippen LogP contribution < -0.4 is 45.0 Å². The molecule has 99 heavy (non-hydrogen) atoms. The number of thiol groups is 4. The molecule has 0 saturated carbocycles. The van der Waals surface area contributed by atoms with Gasteiger partial charge in [-0.15, -0.1) is 0 Å². The molecule has 19 atom stereocenters. The lowest BCUT2D eigenvalue weighted by Crippen LogP contribution is -2.40. The number of nitrogens with zero attached hydrogens (tertiary/aromatic N) is 6. The van der Waals surface area contributed by atoms with Crippen LogP contribution in [0, 0.1) is 20.8 Å². The smallest absolute Gasteiger partial charge is 0.389 e. The third-order valence-corrected chi connectivity index (χ3v) is 25.4. The summed E-state index contributed by atoms with van der Waals surface area (Å²) in [6.07, 6.45) is -15.3. The highest BCUT2D eigenvalue weighted by molar-refractivity contribution is 8.54. The predicted octanol–water partition coefficient (Wildman–Crippen LogP) is 3.73. The number of hydrogen-bond acceptors (Lipinski definition) is 33. The van der Waals surface area contributed by atoms with Gasteiger partial charge in [-0.3, -0.25) is 98.1 Å². The molecule has 0 amide bonds. The summed E-state index contributed by atoms with van der Waals surface area (Å²) in [4.78, 5) is 107. The maximum Gasteiger partial charge on any atom is 0.389 e. The molecule has 9 rings (SSSR count). The number of hydrogen-bond donors (Lipinski definition) is 10. The third kappa shape index (κ3) is 19.5. The summed E-state index contributed by atoms with van der Waals surface area (Å²) in [6.45, 7) is -18.9. The van der Waals surface area contributed by atoms with Crippen LogP contribution in [-0.2, 0) is 96.5 Å². The first kappa shape index (κ1) is 79.5. The predicted molar refractivity (Wildman–Crippen MR) is 362 cm³/mol. The molecule has 552 valence electrons. The van der Waals surface area contributed by atoms with Crippen LogP contribution in [0.25, 0.3) is 11.2 Å². The van der Waals surface area contributed by atoms with Crippen molar-refractivity contribution in [3.8, 4) is 0 Å². The Morgan fingerprint density at radius 3 is 1.46 bits per heavy atom. The number of nitrogens with two attached hydrogens (primary N) is 1. The molecule has 4 aliphatic heterocycles. The molecule has 4 saturated heterocycles. The van der Waals surface area contributed by atoms with E-state index in [1.165, 1.54) is 57.4 Å². The Bertz CT molecular complexity index is 4440. The molecule has 7 N–H and O–H groups in total. The van der Waals surface area contributed by atoms with E-state index in [-0.39, 0.29) is 59.9 Å². The number of H-pyrrole nitrogens is 4. The van der Waals surface area contributed by atoms with Gasteiger partial charge in [-0.2, -0.15) is 4.98 Å². The van der Waals surface area contributed by atoms with E-state index in [1.807, 2.05) is 0 Å². The molecule has 0 radical (unpaired) electrons. The molecule has 5 aromatic rings. The average molecular weight is 1590 g/mol. The Kier molecular flexibility index (Phi) is 26.4. The van der Waals surface area contributed by atoms with Crippen LogP contribution in [-0.4, -0.2) is 181 Å². The molecule has 0 aliphatic carbocycles. The minimum Gasteiger partial charge on any atom is -0.396 e. The standard InChI is InChI=1S/C49H72N11O29P5S5/c1-22(2)85-90(69,95)77-17-29-27(13-33(82-29)60-21-51-34-39(60)52-46(50)53-43(34)65)87-91(70,96)78-18-28-26(12-32(81-28)57-14-23(3)40(62)54-47(57)66)86-92(71,97)79-19-30-35(37(74-6)44(83-30)58-15-24(4)41(63)55-48(58)67)88-93(72,98)80-20-31-36(89-94(73,99-8)76-11-9-10-61)38(75-7)45(84-31)59-16-25(5)42(64)56-49(59)68/h14-16,21-22,26-33,35-38,44-45,61H,9-13,17-20H2,1-8H3,(H,69,95)(H,70,96)(H,71,97)(H,72,98)(H,54,62,66)(H,55,63,67)(H,56,64,68)(H3,50,52,53,65)/t26?,27?,28-,29-,30-,31-,32-,33-,35?,36?,37?,38?,44-,45-,90?,91?,92?,93?,94?/m1/s1. The van der Waals surface area contributed by atoms with Crippen molar-refractivity contribution >= 4 is 111 Å². The quantitative estimate of drug-likeness (QED) is 0.0162. The number of imidazole rings is 1. The lowest BCUT2D eigenvalue weighted by Gasteiger charge is -2.28. The van der Waals surface area contributed by atoms with Gasteiger partial charge < -0.3 is 43.8 Å². The maximum absolute atomic E-state index is 14.7. The number of aliphatic hydroxyl groups excluding tert-OH is 1. The summed E-state index contributed by atoms with van der Waals surface area (Å²) in [6, 6.07) is 0. The van der Waals surface area contributed by atoms with Gasteiger partial charge in [-0.25, -0.2) is 42.2 Å². The number of aromatic nitrogens is 10. The van der Waals surface area contributed by atoms with Crippen LogP contribution in [0.3, 0.4) is 0 Å². The second kappa shape index (κ2) is 32.8.